The minimum atomic E-state index is -5.08. The van der Waals surface area contributed by atoms with Crippen molar-refractivity contribution < 1.29 is 27.8 Å². The van der Waals surface area contributed by atoms with Gasteiger partial charge < -0.3 is 15.6 Å². The number of unbranched alkanes of at least 4 members (excludes halogenated alkanes) is 1. The van der Waals surface area contributed by atoms with Gasteiger partial charge in [-0.05, 0) is 55.0 Å². The maximum Gasteiger partial charge on any atom is 0.490 e. The molecule has 1 aliphatic rings. The number of nitrogens with two attached hydrogens (primary N) is 1. The first-order valence-corrected chi connectivity index (χ1v) is 8.00. The van der Waals surface area contributed by atoms with Gasteiger partial charge in [0.2, 0.25) is 0 Å². The molecule has 8 heteroatoms. The zero-order chi connectivity index (χ0) is 18.3. The van der Waals surface area contributed by atoms with Gasteiger partial charge in [-0.2, -0.15) is 13.2 Å². The van der Waals surface area contributed by atoms with E-state index >= 15 is 0 Å². The Morgan fingerprint density at radius 2 is 2.08 bits per heavy atom. The number of aliphatic carboxylic acids is 1. The van der Waals surface area contributed by atoms with Gasteiger partial charge in [-0.1, -0.05) is 24.9 Å². The van der Waals surface area contributed by atoms with E-state index in [1.165, 1.54) is 12.0 Å². The Labute approximate surface area is 143 Å². The Morgan fingerprint density at radius 3 is 2.54 bits per heavy atom. The van der Waals surface area contributed by atoms with Crippen LogP contribution in [0, 0.1) is 5.92 Å². The number of benzene rings is 1. The molecule has 1 saturated carbocycles. The molecular formula is C16H21ClF3NO3. The van der Waals surface area contributed by atoms with Gasteiger partial charge >= 0.3 is 12.1 Å². The van der Waals surface area contributed by atoms with Crippen LogP contribution in [0.25, 0.3) is 0 Å². The second-order valence-electron chi connectivity index (χ2n) is 5.53. The van der Waals surface area contributed by atoms with Crippen molar-refractivity contribution in [2.45, 2.75) is 38.3 Å². The fourth-order valence-corrected chi connectivity index (χ4v) is 2.34. The van der Waals surface area contributed by atoms with Crippen LogP contribution in [0.4, 0.5) is 13.2 Å². The lowest BCUT2D eigenvalue weighted by molar-refractivity contribution is -0.192. The Balaban J connectivity index is 0.000000351. The summed E-state index contributed by atoms with van der Waals surface area (Å²) in [5.41, 5.74) is 6.94. The molecule has 0 spiro atoms. The monoisotopic (exact) mass is 367 g/mol. The zero-order valence-electron chi connectivity index (χ0n) is 13.3. The molecule has 2 atom stereocenters. The van der Waals surface area contributed by atoms with Gasteiger partial charge in [-0.3, -0.25) is 0 Å². The van der Waals surface area contributed by atoms with Crippen molar-refractivity contribution in [1.82, 2.24) is 0 Å². The second-order valence-corrected chi connectivity index (χ2v) is 5.96. The van der Waals surface area contributed by atoms with Crippen LogP contribution in [0.2, 0.25) is 5.02 Å². The number of carboxylic acid groups (broad SMARTS) is 1. The quantitative estimate of drug-likeness (QED) is 0.738. The van der Waals surface area contributed by atoms with Gasteiger partial charge in [0.15, 0.2) is 0 Å². The fourth-order valence-electron chi connectivity index (χ4n) is 2.16. The van der Waals surface area contributed by atoms with Crippen LogP contribution < -0.4 is 10.5 Å². The van der Waals surface area contributed by atoms with Crippen LogP contribution in [0.5, 0.6) is 5.75 Å². The van der Waals surface area contributed by atoms with Crippen molar-refractivity contribution in [2.75, 3.05) is 13.2 Å². The first-order chi connectivity index (χ1) is 11.2. The lowest BCUT2D eigenvalue weighted by Gasteiger charge is -2.11. The average Bonchev–Trinajstić information content (AvgIpc) is 3.28. The third kappa shape index (κ3) is 6.57. The van der Waals surface area contributed by atoms with E-state index in [0.717, 1.165) is 36.8 Å². The number of hydrogen-bond donors (Lipinski definition) is 2. The molecule has 1 aliphatic carbocycles. The number of hydrogen-bond acceptors (Lipinski definition) is 3. The number of halogens is 4. The van der Waals surface area contributed by atoms with E-state index in [9.17, 15) is 13.2 Å². The summed E-state index contributed by atoms with van der Waals surface area (Å²) in [4.78, 5) is 8.90. The van der Waals surface area contributed by atoms with Gasteiger partial charge in [-0.25, -0.2) is 4.79 Å². The maximum atomic E-state index is 10.6. The van der Waals surface area contributed by atoms with Crippen LogP contribution in [0.1, 0.15) is 37.7 Å². The predicted octanol–water partition coefficient (Wildman–Crippen LogP) is 4.21. The summed E-state index contributed by atoms with van der Waals surface area (Å²) in [7, 11) is 0. The largest absolute Gasteiger partial charge is 0.493 e. The molecule has 136 valence electrons. The fraction of sp³-hybridized carbons (Fsp3) is 0.562. The number of carboxylic acids is 1. The molecule has 1 aromatic rings. The van der Waals surface area contributed by atoms with Gasteiger partial charge in [0.1, 0.15) is 5.75 Å². The third-order valence-electron chi connectivity index (χ3n) is 3.59. The highest BCUT2D eigenvalue weighted by molar-refractivity contribution is 6.30. The zero-order valence-corrected chi connectivity index (χ0v) is 14.0. The SMILES string of the molecule is CCCCOc1ccc(Cl)cc1[C@H]1C[C@@H]1CN.O=C(O)C(F)(F)F. The van der Waals surface area contributed by atoms with E-state index in [4.69, 9.17) is 32.0 Å². The van der Waals surface area contributed by atoms with Crippen molar-refractivity contribution in [3.05, 3.63) is 28.8 Å². The van der Waals surface area contributed by atoms with Gasteiger partial charge in [-0.15, -0.1) is 0 Å². The van der Waals surface area contributed by atoms with Gasteiger partial charge in [0.05, 0.1) is 6.61 Å². The van der Waals surface area contributed by atoms with Crippen molar-refractivity contribution in [3.63, 3.8) is 0 Å². The first kappa shape index (κ1) is 20.6. The summed E-state index contributed by atoms with van der Waals surface area (Å²) in [6.45, 7) is 3.70. The number of rotatable bonds is 6. The number of carbonyl (C=O) groups is 1. The summed E-state index contributed by atoms with van der Waals surface area (Å²) < 4.78 is 37.6. The summed E-state index contributed by atoms with van der Waals surface area (Å²) in [6.07, 6.45) is -1.67. The van der Waals surface area contributed by atoms with Crippen LogP contribution in [0.3, 0.4) is 0 Å². The van der Waals surface area contributed by atoms with E-state index in [2.05, 4.69) is 6.92 Å². The molecule has 1 fully saturated rings. The summed E-state index contributed by atoms with van der Waals surface area (Å²) in [6, 6.07) is 5.91. The second kappa shape index (κ2) is 9.13. The molecule has 1 aromatic carbocycles. The minimum absolute atomic E-state index is 0.551. The molecule has 3 N–H and O–H groups in total. The molecule has 0 radical (unpaired) electrons. The number of ether oxygens (including phenoxy) is 1. The molecule has 4 nitrogen and oxygen atoms in total. The highest BCUT2D eigenvalue weighted by atomic mass is 35.5. The molecule has 0 bridgehead atoms. The summed E-state index contributed by atoms with van der Waals surface area (Å²) >= 11 is 6.05. The van der Waals surface area contributed by atoms with Gasteiger partial charge in [0, 0.05) is 5.02 Å². The molecule has 24 heavy (non-hydrogen) atoms. The lowest BCUT2D eigenvalue weighted by atomic mass is 10.1. The van der Waals surface area contributed by atoms with E-state index in [-0.39, 0.29) is 0 Å². The summed E-state index contributed by atoms with van der Waals surface area (Å²) in [5, 5.41) is 7.91. The highest BCUT2D eigenvalue weighted by Gasteiger charge is 2.39. The maximum absolute atomic E-state index is 10.6. The van der Waals surface area contributed by atoms with Gasteiger partial charge in [0.25, 0.3) is 0 Å². The Morgan fingerprint density at radius 1 is 1.46 bits per heavy atom. The average molecular weight is 368 g/mol. The Bertz CT molecular complexity index is 552. The number of alkyl halides is 3. The van der Waals surface area contributed by atoms with Crippen LogP contribution in [-0.4, -0.2) is 30.4 Å². The molecule has 0 heterocycles. The normalized spacial score (nSPS) is 19.2. The minimum Gasteiger partial charge on any atom is -0.493 e. The van der Waals surface area contributed by atoms with Crippen molar-refractivity contribution in [3.8, 4) is 5.75 Å². The van der Waals surface area contributed by atoms with Crippen molar-refractivity contribution >= 4 is 17.6 Å². The molecule has 0 saturated heterocycles. The first-order valence-electron chi connectivity index (χ1n) is 7.63. The molecule has 0 aromatic heterocycles. The smallest absolute Gasteiger partial charge is 0.490 e. The van der Waals surface area contributed by atoms with Crippen LogP contribution in [-0.2, 0) is 4.79 Å². The van der Waals surface area contributed by atoms with E-state index in [1.54, 1.807) is 0 Å². The molecule has 2 rings (SSSR count). The molecule has 0 aliphatic heterocycles. The highest BCUT2D eigenvalue weighted by Crippen LogP contribution is 2.50. The lowest BCUT2D eigenvalue weighted by Crippen LogP contribution is -2.21. The van der Waals surface area contributed by atoms with E-state index in [1.807, 2.05) is 18.2 Å². The Kier molecular flexibility index (Phi) is 7.83. The summed E-state index contributed by atoms with van der Waals surface area (Å²) in [5.74, 6) is -0.603. The van der Waals surface area contributed by atoms with E-state index in [0.29, 0.717) is 11.8 Å². The molecule has 0 amide bonds. The third-order valence-corrected chi connectivity index (χ3v) is 3.83. The predicted molar refractivity (Wildman–Crippen MR) is 85.4 cm³/mol. The Hall–Kier alpha value is -1.47. The van der Waals surface area contributed by atoms with E-state index < -0.39 is 12.1 Å². The topological polar surface area (TPSA) is 72.5 Å². The van der Waals surface area contributed by atoms with Crippen LogP contribution >= 0.6 is 11.6 Å². The van der Waals surface area contributed by atoms with Crippen molar-refractivity contribution in [2.24, 2.45) is 11.7 Å². The van der Waals surface area contributed by atoms with Crippen LogP contribution in [0.15, 0.2) is 18.2 Å². The molecule has 0 unspecified atom stereocenters. The molecular weight excluding hydrogens is 347 g/mol. The standard InChI is InChI=1S/C14H20ClNO.C2HF3O2/c1-2-3-6-17-14-5-4-11(15)8-13(14)12-7-10(12)9-16;3-2(4,5)1(6)7/h4-5,8,10,12H,2-3,6-7,9,16H2,1H3;(H,6,7)/t10-,12+;/m1./s1. The van der Waals surface area contributed by atoms with Crippen molar-refractivity contribution in [1.29, 1.82) is 0 Å².